The molecule has 1 fully saturated rings. The van der Waals surface area contributed by atoms with Gasteiger partial charge in [-0.3, -0.25) is 4.90 Å². The highest BCUT2D eigenvalue weighted by molar-refractivity contribution is 4.90. The van der Waals surface area contributed by atoms with Gasteiger partial charge in [0, 0.05) is 25.2 Å². The molecule has 0 aliphatic carbocycles. The molecule has 0 spiro atoms. The van der Waals surface area contributed by atoms with E-state index in [0.717, 1.165) is 19.7 Å². The monoisotopic (exact) mass is 228 g/mol. The van der Waals surface area contributed by atoms with Crippen LogP contribution in [0.5, 0.6) is 0 Å². The molecule has 16 heavy (non-hydrogen) atoms. The van der Waals surface area contributed by atoms with Crippen LogP contribution in [-0.4, -0.2) is 49.8 Å². The van der Waals surface area contributed by atoms with Gasteiger partial charge >= 0.3 is 0 Å². The summed E-state index contributed by atoms with van der Waals surface area (Å²) in [6.07, 6.45) is 3.98. The molecule has 0 bridgehead atoms. The van der Waals surface area contributed by atoms with Crippen molar-refractivity contribution in [2.75, 3.05) is 33.4 Å². The predicted octanol–water partition coefficient (Wildman–Crippen LogP) is 1.88. The molecule has 0 saturated carbocycles. The fourth-order valence-electron chi connectivity index (χ4n) is 2.63. The third kappa shape index (κ3) is 4.04. The smallest absolute Gasteiger partial charge is 0.0615 e. The largest absolute Gasteiger partial charge is 0.383 e. The quantitative estimate of drug-likeness (QED) is 0.751. The molecule has 2 atom stereocenters. The minimum absolute atomic E-state index is 0.302. The van der Waals surface area contributed by atoms with E-state index < -0.39 is 0 Å². The van der Waals surface area contributed by atoms with Gasteiger partial charge in [0.15, 0.2) is 0 Å². The van der Waals surface area contributed by atoms with E-state index in [-0.39, 0.29) is 0 Å². The summed E-state index contributed by atoms with van der Waals surface area (Å²) >= 11 is 0. The van der Waals surface area contributed by atoms with Crippen molar-refractivity contribution in [1.29, 1.82) is 0 Å². The van der Waals surface area contributed by atoms with E-state index in [0.29, 0.717) is 11.6 Å². The SMILES string of the molecule is CCN(CC1(C)CCCCN1)C(C)COC. The van der Waals surface area contributed by atoms with Crippen LogP contribution >= 0.6 is 0 Å². The molecule has 1 N–H and O–H groups in total. The molecule has 1 heterocycles. The molecule has 0 aromatic rings. The highest BCUT2D eigenvalue weighted by Crippen LogP contribution is 2.20. The van der Waals surface area contributed by atoms with E-state index in [9.17, 15) is 0 Å². The standard InChI is InChI=1S/C13H28N2O/c1-5-15(12(2)10-16-4)11-13(3)8-6-7-9-14-13/h12,14H,5-11H2,1-4H3. The van der Waals surface area contributed by atoms with Crippen molar-refractivity contribution >= 4 is 0 Å². The summed E-state index contributed by atoms with van der Waals surface area (Å²) in [4.78, 5) is 2.52. The summed E-state index contributed by atoms with van der Waals surface area (Å²) in [5.41, 5.74) is 0.302. The Balaban J connectivity index is 2.47. The minimum atomic E-state index is 0.302. The molecule has 3 heteroatoms. The number of nitrogens with one attached hydrogen (secondary N) is 1. The van der Waals surface area contributed by atoms with Gasteiger partial charge in [-0.25, -0.2) is 0 Å². The average Bonchev–Trinajstić information content (AvgIpc) is 2.27. The molecular formula is C13H28N2O. The molecule has 1 rings (SSSR count). The lowest BCUT2D eigenvalue weighted by atomic mass is 9.90. The van der Waals surface area contributed by atoms with Gasteiger partial charge in [-0.2, -0.15) is 0 Å². The molecular weight excluding hydrogens is 200 g/mol. The molecule has 1 aliphatic rings. The maximum atomic E-state index is 5.25. The van der Waals surface area contributed by atoms with E-state index >= 15 is 0 Å². The summed E-state index contributed by atoms with van der Waals surface area (Å²) in [5.74, 6) is 0. The van der Waals surface area contributed by atoms with Gasteiger partial charge in [-0.1, -0.05) is 13.3 Å². The van der Waals surface area contributed by atoms with Crippen LogP contribution < -0.4 is 5.32 Å². The van der Waals surface area contributed by atoms with Crippen molar-refractivity contribution in [3.63, 3.8) is 0 Å². The number of hydrogen-bond acceptors (Lipinski definition) is 3. The number of piperidine rings is 1. The molecule has 1 saturated heterocycles. The van der Waals surface area contributed by atoms with Gasteiger partial charge < -0.3 is 10.1 Å². The first-order valence-corrected chi connectivity index (χ1v) is 6.59. The highest BCUT2D eigenvalue weighted by atomic mass is 16.5. The van der Waals surface area contributed by atoms with Gasteiger partial charge in [0.25, 0.3) is 0 Å². The Bertz CT molecular complexity index is 190. The normalized spacial score (nSPS) is 28.3. The first-order chi connectivity index (χ1) is 7.61. The molecule has 0 aromatic carbocycles. The predicted molar refractivity (Wildman–Crippen MR) is 68.8 cm³/mol. The highest BCUT2D eigenvalue weighted by Gasteiger charge is 2.29. The van der Waals surface area contributed by atoms with E-state index in [1.165, 1.54) is 25.8 Å². The Morgan fingerprint density at radius 1 is 1.44 bits per heavy atom. The van der Waals surface area contributed by atoms with Crippen LogP contribution in [0.4, 0.5) is 0 Å². The third-order valence-electron chi connectivity index (χ3n) is 3.70. The van der Waals surface area contributed by atoms with Crippen molar-refractivity contribution in [1.82, 2.24) is 10.2 Å². The lowest BCUT2D eigenvalue weighted by molar-refractivity contribution is 0.0754. The number of hydrogen-bond donors (Lipinski definition) is 1. The molecule has 2 unspecified atom stereocenters. The number of ether oxygens (including phenoxy) is 1. The lowest BCUT2D eigenvalue weighted by Crippen LogP contribution is -2.55. The Morgan fingerprint density at radius 3 is 2.69 bits per heavy atom. The lowest BCUT2D eigenvalue weighted by Gasteiger charge is -2.41. The Morgan fingerprint density at radius 2 is 2.19 bits per heavy atom. The Hall–Kier alpha value is -0.120. The van der Waals surface area contributed by atoms with Crippen LogP contribution in [0.3, 0.4) is 0 Å². The second-order valence-electron chi connectivity index (χ2n) is 5.31. The van der Waals surface area contributed by atoms with Crippen molar-refractivity contribution < 1.29 is 4.74 Å². The molecule has 0 amide bonds. The molecule has 0 radical (unpaired) electrons. The van der Waals surface area contributed by atoms with Crippen molar-refractivity contribution in [3.05, 3.63) is 0 Å². The van der Waals surface area contributed by atoms with Crippen molar-refractivity contribution in [2.24, 2.45) is 0 Å². The zero-order valence-corrected chi connectivity index (χ0v) is 11.4. The van der Waals surface area contributed by atoms with Crippen LogP contribution in [0.15, 0.2) is 0 Å². The minimum Gasteiger partial charge on any atom is -0.383 e. The third-order valence-corrected chi connectivity index (χ3v) is 3.70. The van der Waals surface area contributed by atoms with E-state index in [4.69, 9.17) is 4.74 Å². The van der Waals surface area contributed by atoms with Gasteiger partial charge in [-0.05, 0) is 39.8 Å². The fourth-order valence-corrected chi connectivity index (χ4v) is 2.63. The summed E-state index contributed by atoms with van der Waals surface area (Å²) in [7, 11) is 1.78. The number of methoxy groups -OCH3 is 1. The first-order valence-electron chi connectivity index (χ1n) is 6.59. The summed E-state index contributed by atoms with van der Waals surface area (Å²) in [5, 5.41) is 3.67. The number of nitrogens with zero attached hydrogens (tertiary/aromatic N) is 1. The average molecular weight is 228 g/mol. The maximum absolute atomic E-state index is 5.25. The van der Waals surface area contributed by atoms with Crippen LogP contribution in [0, 0.1) is 0 Å². The number of likely N-dealkylation sites (N-methyl/N-ethyl adjacent to an activating group) is 1. The van der Waals surface area contributed by atoms with Gasteiger partial charge in [0.1, 0.15) is 0 Å². The van der Waals surface area contributed by atoms with Crippen LogP contribution in [0.25, 0.3) is 0 Å². The van der Waals surface area contributed by atoms with Gasteiger partial charge in [0.05, 0.1) is 6.61 Å². The molecule has 1 aliphatic heterocycles. The van der Waals surface area contributed by atoms with Gasteiger partial charge in [-0.15, -0.1) is 0 Å². The first kappa shape index (κ1) is 13.9. The summed E-state index contributed by atoms with van der Waals surface area (Å²) in [6, 6.07) is 0.510. The second-order valence-corrected chi connectivity index (χ2v) is 5.31. The Kier molecular flexibility index (Phi) is 5.73. The molecule has 0 aromatic heterocycles. The van der Waals surface area contributed by atoms with Crippen molar-refractivity contribution in [3.8, 4) is 0 Å². The Labute approximate surface area is 101 Å². The zero-order chi connectivity index (χ0) is 12.0. The van der Waals surface area contributed by atoms with Crippen molar-refractivity contribution in [2.45, 2.75) is 51.6 Å². The molecule has 3 nitrogen and oxygen atoms in total. The van der Waals surface area contributed by atoms with E-state index in [2.05, 4.69) is 31.0 Å². The zero-order valence-electron chi connectivity index (χ0n) is 11.4. The number of rotatable bonds is 6. The second kappa shape index (κ2) is 6.58. The topological polar surface area (TPSA) is 24.5 Å². The van der Waals surface area contributed by atoms with E-state index in [1.807, 2.05) is 0 Å². The van der Waals surface area contributed by atoms with Crippen LogP contribution in [0.1, 0.15) is 40.0 Å². The van der Waals surface area contributed by atoms with Crippen LogP contribution in [0.2, 0.25) is 0 Å². The maximum Gasteiger partial charge on any atom is 0.0615 e. The fraction of sp³-hybridized carbons (Fsp3) is 1.00. The summed E-state index contributed by atoms with van der Waals surface area (Å²) in [6.45, 7) is 11.1. The molecule has 96 valence electrons. The van der Waals surface area contributed by atoms with Gasteiger partial charge in [0.2, 0.25) is 0 Å². The van der Waals surface area contributed by atoms with Crippen LogP contribution in [-0.2, 0) is 4.74 Å². The van der Waals surface area contributed by atoms with E-state index in [1.54, 1.807) is 7.11 Å². The summed E-state index contributed by atoms with van der Waals surface area (Å²) < 4.78 is 5.25.